The van der Waals surface area contributed by atoms with Gasteiger partial charge in [0.2, 0.25) is 5.91 Å². The molecule has 25 heavy (non-hydrogen) atoms. The molecule has 2 aromatic rings. The van der Waals surface area contributed by atoms with Gasteiger partial charge in [0.25, 0.3) is 0 Å². The van der Waals surface area contributed by atoms with Crippen LogP contribution in [0.1, 0.15) is 11.1 Å². The third kappa shape index (κ3) is 6.89. The molecule has 0 saturated heterocycles. The predicted molar refractivity (Wildman–Crippen MR) is 102 cm³/mol. The van der Waals surface area contributed by atoms with Crippen LogP contribution in [0.5, 0.6) is 0 Å². The minimum absolute atomic E-state index is 0.229. The molecule has 3 amide bonds. The summed E-state index contributed by atoms with van der Waals surface area (Å²) in [5.41, 5.74) is 7.38. The summed E-state index contributed by atoms with van der Waals surface area (Å²) in [4.78, 5) is 24.7. The summed E-state index contributed by atoms with van der Waals surface area (Å²) in [7, 11) is 0. The second-order valence-electron chi connectivity index (χ2n) is 5.70. The van der Waals surface area contributed by atoms with Crippen molar-refractivity contribution in [1.82, 2.24) is 10.6 Å². The summed E-state index contributed by atoms with van der Waals surface area (Å²) in [6.45, 7) is 2.57. The van der Waals surface area contributed by atoms with E-state index in [1.54, 1.807) is 11.8 Å². The van der Waals surface area contributed by atoms with E-state index in [2.05, 4.69) is 34.9 Å². The van der Waals surface area contributed by atoms with Crippen molar-refractivity contribution in [2.45, 2.75) is 24.3 Å². The summed E-state index contributed by atoms with van der Waals surface area (Å²) in [5.74, 6) is 0.524. The van der Waals surface area contributed by atoms with Crippen molar-refractivity contribution in [2.24, 2.45) is 5.73 Å². The highest BCUT2D eigenvalue weighted by atomic mass is 32.2. The highest BCUT2D eigenvalue weighted by molar-refractivity contribution is 7.99. The molecule has 5 nitrogen and oxygen atoms in total. The van der Waals surface area contributed by atoms with Gasteiger partial charge in [0.1, 0.15) is 6.04 Å². The predicted octanol–water partition coefficient (Wildman–Crippen LogP) is 2.48. The van der Waals surface area contributed by atoms with Crippen LogP contribution in [0, 0.1) is 6.92 Å². The first-order valence-electron chi connectivity index (χ1n) is 8.11. The van der Waals surface area contributed by atoms with Gasteiger partial charge in [-0.25, -0.2) is 4.79 Å². The van der Waals surface area contributed by atoms with Crippen molar-refractivity contribution in [2.75, 3.05) is 12.3 Å². The summed E-state index contributed by atoms with van der Waals surface area (Å²) >= 11 is 1.67. The lowest BCUT2D eigenvalue weighted by atomic mass is 10.1. The highest BCUT2D eigenvalue weighted by Gasteiger charge is 2.19. The quantitative estimate of drug-likeness (QED) is 0.501. The topological polar surface area (TPSA) is 84.2 Å². The van der Waals surface area contributed by atoms with Gasteiger partial charge in [-0.05, 0) is 24.6 Å². The highest BCUT2D eigenvalue weighted by Crippen LogP contribution is 2.17. The lowest BCUT2D eigenvalue weighted by molar-refractivity contribution is -0.122. The molecule has 6 heteroatoms. The van der Waals surface area contributed by atoms with Gasteiger partial charge in [-0.3, -0.25) is 4.79 Å². The number of benzene rings is 2. The molecule has 0 fully saturated rings. The van der Waals surface area contributed by atoms with Crippen LogP contribution in [0.4, 0.5) is 4.79 Å². The molecule has 0 aliphatic heterocycles. The number of hydrogen-bond donors (Lipinski definition) is 3. The summed E-state index contributed by atoms with van der Waals surface area (Å²) in [5, 5.41) is 5.37. The van der Waals surface area contributed by atoms with Crippen molar-refractivity contribution in [1.29, 1.82) is 0 Å². The van der Waals surface area contributed by atoms with E-state index in [0.717, 1.165) is 16.2 Å². The van der Waals surface area contributed by atoms with Gasteiger partial charge >= 0.3 is 6.03 Å². The van der Waals surface area contributed by atoms with Crippen LogP contribution in [0.15, 0.2) is 59.5 Å². The van der Waals surface area contributed by atoms with Crippen LogP contribution in [-0.4, -0.2) is 30.3 Å². The molecule has 0 saturated carbocycles. The number of primary amides is 1. The van der Waals surface area contributed by atoms with Crippen LogP contribution in [-0.2, 0) is 11.2 Å². The molecule has 2 rings (SSSR count). The number of carbonyl (C=O) groups is 2. The Hall–Kier alpha value is -2.47. The first-order chi connectivity index (χ1) is 12.0. The first kappa shape index (κ1) is 18.9. The molecule has 0 spiro atoms. The average molecular weight is 357 g/mol. The number of nitrogens with one attached hydrogen (secondary N) is 2. The van der Waals surface area contributed by atoms with Crippen LogP contribution in [0.3, 0.4) is 0 Å². The van der Waals surface area contributed by atoms with Crippen molar-refractivity contribution in [3.8, 4) is 0 Å². The molecule has 1 atom stereocenters. The lowest BCUT2D eigenvalue weighted by Gasteiger charge is -2.17. The molecular weight excluding hydrogens is 334 g/mol. The van der Waals surface area contributed by atoms with Crippen molar-refractivity contribution in [3.05, 3.63) is 65.7 Å². The van der Waals surface area contributed by atoms with Crippen LogP contribution >= 0.6 is 11.8 Å². The van der Waals surface area contributed by atoms with E-state index in [1.807, 2.05) is 37.3 Å². The number of thioether (sulfide) groups is 1. The minimum atomic E-state index is -0.704. The molecule has 0 aromatic heterocycles. The second-order valence-corrected chi connectivity index (χ2v) is 6.87. The fourth-order valence-electron chi connectivity index (χ4n) is 2.33. The zero-order chi connectivity index (χ0) is 18.1. The molecule has 0 radical (unpaired) electrons. The van der Waals surface area contributed by atoms with E-state index in [9.17, 15) is 9.59 Å². The van der Waals surface area contributed by atoms with E-state index in [0.29, 0.717) is 13.0 Å². The van der Waals surface area contributed by atoms with Gasteiger partial charge < -0.3 is 16.4 Å². The number of nitrogens with two attached hydrogens (primary N) is 1. The summed E-state index contributed by atoms with van der Waals surface area (Å²) in [6.07, 6.45) is 0.403. The van der Waals surface area contributed by atoms with Crippen molar-refractivity contribution >= 4 is 23.7 Å². The minimum Gasteiger partial charge on any atom is -0.353 e. The Kier molecular flexibility index (Phi) is 7.35. The smallest absolute Gasteiger partial charge is 0.312 e. The molecule has 0 heterocycles. The Morgan fingerprint density at radius 2 is 1.76 bits per heavy atom. The molecule has 4 N–H and O–H groups in total. The van der Waals surface area contributed by atoms with Crippen molar-refractivity contribution in [3.63, 3.8) is 0 Å². The van der Waals surface area contributed by atoms with Gasteiger partial charge in [0.05, 0.1) is 0 Å². The van der Waals surface area contributed by atoms with E-state index < -0.39 is 12.1 Å². The van der Waals surface area contributed by atoms with E-state index in [4.69, 9.17) is 5.73 Å². The Balaban J connectivity index is 1.82. The van der Waals surface area contributed by atoms with Crippen molar-refractivity contribution < 1.29 is 9.59 Å². The normalized spacial score (nSPS) is 11.6. The van der Waals surface area contributed by atoms with E-state index >= 15 is 0 Å². The monoisotopic (exact) mass is 357 g/mol. The number of rotatable bonds is 8. The number of amides is 3. The first-order valence-corrected chi connectivity index (χ1v) is 9.10. The molecule has 2 aromatic carbocycles. The fourth-order valence-corrected chi connectivity index (χ4v) is 3.10. The Bertz CT molecular complexity index is 690. The van der Waals surface area contributed by atoms with Gasteiger partial charge in [-0.15, -0.1) is 11.8 Å². The molecular formula is C19H23N3O2S. The van der Waals surface area contributed by atoms with Gasteiger partial charge in [0.15, 0.2) is 0 Å². The molecule has 0 aliphatic rings. The number of carbonyl (C=O) groups excluding carboxylic acids is 2. The third-order valence-corrected chi connectivity index (χ3v) is 4.62. The van der Waals surface area contributed by atoms with Crippen LogP contribution in [0.25, 0.3) is 0 Å². The molecule has 132 valence electrons. The summed E-state index contributed by atoms with van der Waals surface area (Å²) < 4.78 is 0. The van der Waals surface area contributed by atoms with Crippen LogP contribution in [0.2, 0.25) is 0 Å². The lowest BCUT2D eigenvalue weighted by Crippen LogP contribution is -2.50. The average Bonchev–Trinajstić information content (AvgIpc) is 2.60. The third-order valence-electron chi connectivity index (χ3n) is 3.61. The maximum absolute atomic E-state index is 12.3. The van der Waals surface area contributed by atoms with Crippen LogP contribution < -0.4 is 16.4 Å². The molecule has 0 bridgehead atoms. The molecule has 1 unspecified atom stereocenters. The maximum Gasteiger partial charge on any atom is 0.312 e. The Morgan fingerprint density at radius 3 is 2.40 bits per heavy atom. The standard InChI is InChI=1S/C19H23N3O2S/c1-14-7-9-16(10-8-14)25-12-11-21-18(23)17(22-19(20)24)13-15-5-3-2-4-6-15/h2-10,17H,11-13H2,1H3,(H,21,23)(H3,20,22,24). The van der Waals surface area contributed by atoms with Gasteiger partial charge in [0, 0.05) is 23.6 Å². The largest absolute Gasteiger partial charge is 0.353 e. The number of aryl methyl sites for hydroxylation is 1. The zero-order valence-electron chi connectivity index (χ0n) is 14.2. The Labute approximate surface area is 152 Å². The zero-order valence-corrected chi connectivity index (χ0v) is 15.0. The van der Waals surface area contributed by atoms with E-state index in [1.165, 1.54) is 5.56 Å². The maximum atomic E-state index is 12.3. The van der Waals surface area contributed by atoms with Gasteiger partial charge in [-0.1, -0.05) is 48.0 Å². The molecule has 0 aliphatic carbocycles. The number of hydrogen-bond acceptors (Lipinski definition) is 3. The fraction of sp³-hybridized carbons (Fsp3) is 0.263. The Morgan fingerprint density at radius 1 is 1.08 bits per heavy atom. The SMILES string of the molecule is Cc1ccc(SCCNC(=O)C(Cc2ccccc2)NC(N)=O)cc1. The summed E-state index contributed by atoms with van der Waals surface area (Å²) in [6, 6.07) is 16.4. The van der Waals surface area contributed by atoms with Gasteiger partial charge in [-0.2, -0.15) is 0 Å². The second kappa shape index (κ2) is 9.74. The van der Waals surface area contributed by atoms with E-state index in [-0.39, 0.29) is 5.91 Å². The number of urea groups is 1.